The number of pyridine rings is 1. The van der Waals surface area contributed by atoms with Gasteiger partial charge in [0.25, 0.3) is 0 Å². The quantitative estimate of drug-likeness (QED) is 0.355. The van der Waals surface area contributed by atoms with Gasteiger partial charge >= 0.3 is 0 Å². The molecule has 4 aromatic rings. The van der Waals surface area contributed by atoms with Crippen LogP contribution < -0.4 is 5.32 Å². The molecule has 0 aliphatic rings. The zero-order valence-electron chi connectivity index (χ0n) is 18.3. The smallest absolute Gasteiger partial charge is 0.132 e. The standard InChI is InChI=1S/C24H23ClFN7/c1-4-20-22(11-16(13-28-20)21-7-9-33(32-21)10-8-27-3)31-15(2)23-24(30-14-29-23)18-12-17(25)5-6-19(18)26/h4-7,9,11-14,27H,1,8,10H2,2-3H3,(H,29,30). The summed E-state index contributed by atoms with van der Waals surface area (Å²) in [6.45, 7) is 7.26. The minimum atomic E-state index is -0.412. The van der Waals surface area contributed by atoms with Crippen molar-refractivity contribution in [2.24, 2.45) is 4.99 Å². The molecular formula is C24H23ClFN7. The summed E-state index contributed by atoms with van der Waals surface area (Å²) in [5, 5.41) is 8.14. The third-order valence-corrected chi connectivity index (χ3v) is 5.33. The second-order valence-corrected chi connectivity index (χ2v) is 7.78. The molecule has 3 heterocycles. The van der Waals surface area contributed by atoms with Gasteiger partial charge in [-0.05, 0) is 50.4 Å². The lowest BCUT2D eigenvalue weighted by Gasteiger charge is -2.07. The van der Waals surface area contributed by atoms with E-state index in [4.69, 9.17) is 16.6 Å². The van der Waals surface area contributed by atoms with Gasteiger partial charge in [-0.1, -0.05) is 18.2 Å². The summed E-state index contributed by atoms with van der Waals surface area (Å²) in [5.74, 6) is -0.412. The Balaban J connectivity index is 1.71. The fourth-order valence-electron chi connectivity index (χ4n) is 3.41. The van der Waals surface area contributed by atoms with Crippen molar-refractivity contribution in [3.05, 3.63) is 77.9 Å². The largest absolute Gasteiger partial charge is 0.343 e. The summed E-state index contributed by atoms with van der Waals surface area (Å²) in [4.78, 5) is 16.6. The summed E-state index contributed by atoms with van der Waals surface area (Å²) in [7, 11) is 1.90. The number of benzene rings is 1. The molecule has 2 N–H and O–H groups in total. The number of likely N-dealkylation sites (N-methyl/N-ethyl adjacent to an activating group) is 1. The van der Waals surface area contributed by atoms with Gasteiger partial charge in [0, 0.05) is 35.1 Å². The lowest BCUT2D eigenvalue weighted by Crippen LogP contribution is -2.15. The van der Waals surface area contributed by atoms with Crippen molar-refractivity contribution in [1.29, 1.82) is 0 Å². The predicted molar refractivity (Wildman–Crippen MR) is 130 cm³/mol. The predicted octanol–water partition coefficient (Wildman–Crippen LogP) is 5.13. The van der Waals surface area contributed by atoms with Crippen LogP contribution in [0.25, 0.3) is 28.6 Å². The highest BCUT2D eigenvalue weighted by atomic mass is 35.5. The van der Waals surface area contributed by atoms with E-state index in [2.05, 4.69) is 31.9 Å². The molecule has 0 amide bonds. The maximum atomic E-state index is 14.5. The van der Waals surface area contributed by atoms with Gasteiger partial charge in [-0.3, -0.25) is 9.67 Å². The molecule has 1 aromatic carbocycles. The van der Waals surface area contributed by atoms with E-state index in [1.165, 1.54) is 18.5 Å². The molecule has 33 heavy (non-hydrogen) atoms. The van der Waals surface area contributed by atoms with Crippen molar-refractivity contribution < 1.29 is 4.39 Å². The van der Waals surface area contributed by atoms with Crippen LogP contribution in [0, 0.1) is 5.82 Å². The molecule has 0 aliphatic carbocycles. The van der Waals surface area contributed by atoms with E-state index in [0.29, 0.717) is 39.1 Å². The summed E-state index contributed by atoms with van der Waals surface area (Å²) in [6, 6.07) is 8.22. The Kier molecular flexibility index (Phi) is 6.76. The summed E-state index contributed by atoms with van der Waals surface area (Å²) in [6.07, 6.45) is 6.83. The van der Waals surface area contributed by atoms with Crippen LogP contribution in [0.5, 0.6) is 0 Å². The van der Waals surface area contributed by atoms with Crippen molar-refractivity contribution in [3.63, 3.8) is 0 Å². The number of H-pyrrole nitrogens is 1. The Morgan fingerprint density at radius 2 is 2.15 bits per heavy atom. The van der Waals surface area contributed by atoms with Crippen LogP contribution in [-0.4, -0.2) is 44.0 Å². The number of hydrogen-bond acceptors (Lipinski definition) is 5. The van der Waals surface area contributed by atoms with Gasteiger partial charge in [-0.15, -0.1) is 0 Å². The highest BCUT2D eigenvalue weighted by Crippen LogP contribution is 2.30. The summed E-state index contributed by atoms with van der Waals surface area (Å²) < 4.78 is 16.3. The summed E-state index contributed by atoms with van der Waals surface area (Å²) >= 11 is 6.07. The van der Waals surface area contributed by atoms with E-state index in [1.807, 2.05) is 37.0 Å². The molecule has 4 rings (SSSR count). The van der Waals surface area contributed by atoms with E-state index in [-0.39, 0.29) is 0 Å². The first-order valence-electron chi connectivity index (χ1n) is 10.4. The van der Waals surface area contributed by atoms with Crippen LogP contribution in [0.15, 0.2) is 60.6 Å². The van der Waals surface area contributed by atoms with E-state index >= 15 is 0 Å². The lowest BCUT2D eigenvalue weighted by atomic mass is 10.1. The highest BCUT2D eigenvalue weighted by Gasteiger charge is 2.16. The fourth-order valence-corrected chi connectivity index (χ4v) is 3.58. The molecule has 168 valence electrons. The van der Waals surface area contributed by atoms with Crippen LogP contribution in [0.1, 0.15) is 18.3 Å². The third kappa shape index (κ3) is 4.92. The van der Waals surface area contributed by atoms with Crippen LogP contribution >= 0.6 is 11.6 Å². The fraction of sp³-hybridized carbons (Fsp3) is 0.167. The topological polar surface area (TPSA) is 83.8 Å². The third-order valence-electron chi connectivity index (χ3n) is 5.09. The van der Waals surface area contributed by atoms with Crippen LogP contribution in [0.3, 0.4) is 0 Å². The van der Waals surface area contributed by atoms with Gasteiger partial charge in [0.05, 0.1) is 41.4 Å². The molecule has 0 bridgehead atoms. The molecule has 0 unspecified atom stereocenters. The molecule has 0 saturated heterocycles. The van der Waals surface area contributed by atoms with E-state index in [0.717, 1.165) is 24.3 Å². The average Bonchev–Trinajstić information content (AvgIpc) is 3.49. The van der Waals surface area contributed by atoms with E-state index in [1.54, 1.807) is 18.3 Å². The maximum absolute atomic E-state index is 14.5. The van der Waals surface area contributed by atoms with Crippen LogP contribution in [0.2, 0.25) is 5.02 Å². The van der Waals surface area contributed by atoms with Gasteiger partial charge in [0.15, 0.2) is 0 Å². The zero-order chi connectivity index (χ0) is 23.4. The van der Waals surface area contributed by atoms with Gasteiger partial charge < -0.3 is 10.3 Å². The summed E-state index contributed by atoms with van der Waals surface area (Å²) in [5.41, 5.74) is 4.82. The Labute approximate surface area is 196 Å². The van der Waals surface area contributed by atoms with Crippen molar-refractivity contribution in [2.45, 2.75) is 13.5 Å². The van der Waals surface area contributed by atoms with E-state index in [9.17, 15) is 4.39 Å². The van der Waals surface area contributed by atoms with Crippen molar-refractivity contribution >= 4 is 29.1 Å². The SMILES string of the molecule is C=Cc1ncc(-c2ccn(CCNC)n2)cc1N=C(C)c1[nH]cnc1-c1cc(Cl)ccc1F. The van der Waals surface area contributed by atoms with Gasteiger partial charge in [-0.2, -0.15) is 5.10 Å². The average molecular weight is 464 g/mol. The number of nitrogens with one attached hydrogen (secondary N) is 2. The number of aliphatic imine (C=N–C) groups is 1. The maximum Gasteiger partial charge on any atom is 0.132 e. The second kappa shape index (κ2) is 9.89. The van der Waals surface area contributed by atoms with Crippen molar-refractivity contribution in [3.8, 4) is 22.5 Å². The van der Waals surface area contributed by atoms with E-state index < -0.39 is 5.82 Å². The monoisotopic (exact) mass is 463 g/mol. The lowest BCUT2D eigenvalue weighted by molar-refractivity contribution is 0.586. The molecule has 0 aliphatic heterocycles. The van der Waals surface area contributed by atoms with Gasteiger partial charge in [-0.25, -0.2) is 14.4 Å². The van der Waals surface area contributed by atoms with Crippen molar-refractivity contribution in [1.82, 2.24) is 30.0 Å². The molecule has 7 nitrogen and oxygen atoms in total. The number of rotatable bonds is 8. The second-order valence-electron chi connectivity index (χ2n) is 7.35. The minimum absolute atomic E-state index is 0.302. The minimum Gasteiger partial charge on any atom is -0.343 e. The number of halogens is 2. The Hall–Kier alpha value is -3.62. The number of nitrogens with zero attached hydrogens (tertiary/aromatic N) is 5. The molecule has 3 aromatic heterocycles. The molecule has 0 saturated carbocycles. The molecule has 0 radical (unpaired) electrons. The first kappa shape index (κ1) is 22.6. The molecule has 0 spiro atoms. The number of aromatic amines is 1. The Bertz CT molecular complexity index is 1320. The Morgan fingerprint density at radius 1 is 1.30 bits per heavy atom. The number of imidazole rings is 1. The molecular weight excluding hydrogens is 441 g/mol. The van der Waals surface area contributed by atoms with Gasteiger partial charge in [0.1, 0.15) is 11.5 Å². The van der Waals surface area contributed by atoms with Crippen LogP contribution in [0.4, 0.5) is 10.1 Å². The Morgan fingerprint density at radius 3 is 2.94 bits per heavy atom. The molecule has 9 heteroatoms. The molecule has 0 atom stereocenters. The molecule has 0 fully saturated rings. The van der Waals surface area contributed by atoms with Gasteiger partial charge in [0.2, 0.25) is 0 Å². The zero-order valence-corrected chi connectivity index (χ0v) is 19.1. The highest BCUT2D eigenvalue weighted by molar-refractivity contribution is 6.30. The first-order chi connectivity index (χ1) is 16.0. The number of aromatic nitrogens is 5. The first-order valence-corrected chi connectivity index (χ1v) is 10.7. The van der Waals surface area contributed by atoms with Crippen LogP contribution in [-0.2, 0) is 6.54 Å². The normalized spacial score (nSPS) is 11.7. The van der Waals surface area contributed by atoms with Crippen molar-refractivity contribution in [2.75, 3.05) is 13.6 Å². The number of hydrogen-bond donors (Lipinski definition) is 2.